The number of alkyl halides is 3. The van der Waals surface area contributed by atoms with Crippen LogP contribution in [-0.4, -0.2) is 28.1 Å². The van der Waals surface area contributed by atoms with E-state index < -0.39 is 17.6 Å². The number of fused-ring (bicyclic) bond motifs is 1. The molecule has 0 unspecified atom stereocenters. The van der Waals surface area contributed by atoms with Crippen LogP contribution in [0.25, 0.3) is 5.69 Å². The van der Waals surface area contributed by atoms with Crippen molar-refractivity contribution in [1.82, 2.24) is 15.3 Å². The Balaban J connectivity index is 0.000000226. The molecule has 6 nitrogen and oxygen atoms in total. The van der Waals surface area contributed by atoms with Crippen LogP contribution in [0.2, 0.25) is 0 Å². The Morgan fingerprint density at radius 1 is 0.900 bits per heavy atom. The first-order chi connectivity index (χ1) is 19.3. The molecule has 3 aromatic carbocycles. The van der Waals surface area contributed by atoms with Gasteiger partial charge in [-0.1, -0.05) is 79.0 Å². The van der Waals surface area contributed by atoms with Gasteiger partial charge in [0.15, 0.2) is 0 Å². The minimum Gasteiger partial charge on any atom is -0.297 e. The fourth-order valence-electron chi connectivity index (χ4n) is 3.70. The van der Waals surface area contributed by atoms with Crippen molar-refractivity contribution >= 4 is 17.6 Å². The lowest BCUT2D eigenvalue weighted by atomic mass is 10.1. The van der Waals surface area contributed by atoms with Gasteiger partial charge in [0.05, 0.1) is 17.4 Å². The summed E-state index contributed by atoms with van der Waals surface area (Å²) in [4.78, 5) is 24.4. The normalized spacial score (nSPS) is 11.9. The second-order valence-electron chi connectivity index (χ2n) is 8.04. The van der Waals surface area contributed by atoms with E-state index in [-0.39, 0.29) is 11.5 Å². The number of aromatic nitrogens is 2. The number of carbonyl (C=O) groups is 2. The molecular weight excluding hydrogens is 524 g/mol. The Bertz CT molecular complexity index is 1300. The topological polar surface area (TPSA) is 67.2 Å². The van der Waals surface area contributed by atoms with Crippen LogP contribution in [0.15, 0.2) is 97.2 Å². The minimum atomic E-state index is -4.54. The molecule has 0 saturated carbocycles. The molecule has 0 spiro atoms. The monoisotopic (exact) mass is 556 g/mol. The van der Waals surface area contributed by atoms with Crippen molar-refractivity contribution < 1.29 is 27.2 Å². The Hall–Kier alpha value is -4.47. The Morgan fingerprint density at radius 3 is 2.00 bits per heavy atom. The van der Waals surface area contributed by atoms with E-state index in [4.69, 9.17) is 0 Å². The summed E-state index contributed by atoms with van der Waals surface area (Å²) >= 11 is 0. The van der Waals surface area contributed by atoms with Gasteiger partial charge in [0, 0.05) is 24.1 Å². The SMILES string of the molecule is CC.CCN1C(=O)CCc2cnn(-c3ccccc3)c21.O=C(NF)c1cccc(C(F)(F)F)c1.c1ccccc1. The van der Waals surface area contributed by atoms with Crippen LogP contribution in [0, 0.1) is 0 Å². The van der Waals surface area contributed by atoms with Gasteiger partial charge in [-0.15, -0.1) is 0 Å². The Kier molecular flexibility index (Phi) is 12.6. The van der Waals surface area contributed by atoms with Gasteiger partial charge in [-0.05, 0) is 43.7 Å². The minimum absolute atomic E-state index is 0.183. The van der Waals surface area contributed by atoms with Crippen LogP contribution in [0.3, 0.4) is 0 Å². The molecule has 1 aliphatic heterocycles. The highest BCUT2D eigenvalue weighted by Gasteiger charge is 2.31. The van der Waals surface area contributed by atoms with Gasteiger partial charge in [0.1, 0.15) is 5.82 Å². The lowest BCUT2D eigenvalue weighted by molar-refractivity contribution is -0.137. The zero-order valence-electron chi connectivity index (χ0n) is 22.5. The van der Waals surface area contributed by atoms with Gasteiger partial charge in [0.25, 0.3) is 5.91 Å². The van der Waals surface area contributed by atoms with Gasteiger partial charge in [-0.3, -0.25) is 14.5 Å². The number of nitrogens with zero attached hydrogens (tertiary/aromatic N) is 3. The van der Waals surface area contributed by atoms with Crippen molar-refractivity contribution in [3.05, 3.63) is 114 Å². The average molecular weight is 557 g/mol. The first kappa shape index (κ1) is 31.7. The van der Waals surface area contributed by atoms with E-state index in [0.717, 1.165) is 47.2 Å². The molecule has 5 rings (SSSR count). The summed E-state index contributed by atoms with van der Waals surface area (Å²) in [7, 11) is 0. The molecule has 2 amide bonds. The van der Waals surface area contributed by atoms with Crippen molar-refractivity contribution in [3.63, 3.8) is 0 Å². The summed E-state index contributed by atoms with van der Waals surface area (Å²) in [6.45, 7) is 6.68. The third-order valence-electron chi connectivity index (χ3n) is 5.50. The largest absolute Gasteiger partial charge is 0.416 e. The molecule has 0 fully saturated rings. The van der Waals surface area contributed by atoms with E-state index in [0.29, 0.717) is 19.0 Å². The number of amides is 2. The number of nitrogens with one attached hydrogen (secondary N) is 1. The maximum absolute atomic E-state index is 12.1. The lowest BCUT2D eigenvalue weighted by Gasteiger charge is -2.27. The number of hydrogen-bond donors (Lipinski definition) is 1. The van der Waals surface area contributed by atoms with Crippen molar-refractivity contribution in [2.75, 3.05) is 11.4 Å². The molecule has 10 heteroatoms. The van der Waals surface area contributed by atoms with Gasteiger partial charge >= 0.3 is 6.18 Å². The molecule has 1 N–H and O–H groups in total. The predicted octanol–water partition coefficient (Wildman–Crippen LogP) is 7.20. The predicted molar refractivity (Wildman–Crippen MR) is 148 cm³/mol. The van der Waals surface area contributed by atoms with E-state index in [1.54, 1.807) is 0 Å². The number of anilines is 1. The van der Waals surface area contributed by atoms with Gasteiger partial charge in [-0.2, -0.15) is 23.8 Å². The molecule has 0 atom stereocenters. The summed E-state index contributed by atoms with van der Waals surface area (Å²) in [6, 6.07) is 25.4. The summed E-state index contributed by atoms with van der Waals surface area (Å²) in [5.74, 6) is -0.0845. The number of halogens is 4. The van der Waals surface area contributed by atoms with Crippen LogP contribution in [0.1, 0.15) is 48.7 Å². The quantitative estimate of drug-likeness (QED) is 0.214. The second kappa shape index (κ2) is 15.8. The molecule has 2 heterocycles. The van der Waals surface area contributed by atoms with E-state index >= 15 is 0 Å². The van der Waals surface area contributed by atoms with Crippen molar-refractivity contribution in [2.24, 2.45) is 0 Å². The molecule has 1 aliphatic rings. The molecule has 1 aromatic heterocycles. The van der Waals surface area contributed by atoms with Crippen LogP contribution in [0.5, 0.6) is 0 Å². The van der Waals surface area contributed by atoms with Crippen LogP contribution in [-0.2, 0) is 17.4 Å². The fraction of sp³-hybridized carbons (Fsp3) is 0.233. The van der Waals surface area contributed by atoms with Crippen molar-refractivity contribution in [3.8, 4) is 5.69 Å². The Labute approximate surface area is 231 Å². The Morgan fingerprint density at radius 2 is 1.48 bits per heavy atom. The number of para-hydroxylation sites is 1. The summed E-state index contributed by atoms with van der Waals surface area (Å²) in [5.41, 5.74) is 1.54. The van der Waals surface area contributed by atoms with Gasteiger partial charge < -0.3 is 0 Å². The number of aryl methyl sites for hydroxylation is 1. The maximum Gasteiger partial charge on any atom is 0.416 e. The number of benzene rings is 3. The molecule has 40 heavy (non-hydrogen) atoms. The van der Waals surface area contributed by atoms with E-state index in [2.05, 4.69) is 5.10 Å². The van der Waals surface area contributed by atoms with Crippen molar-refractivity contribution in [2.45, 2.75) is 39.8 Å². The highest BCUT2D eigenvalue weighted by Crippen LogP contribution is 2.30. The average Bonchev–Trinajstić information content (AvgIpc) is 3.44. The molecule has 0 aliphatic carbocycles. The first-order valence-corrected chi connectivity index (χ1v) is 12.8. The zero-order chi connectivity index (χ0) is 29.5. The van der Waals surface area contributed by atoms with Crippen molar-refractivity contribution in [1.29, 1.82) is 0 Å². The molecule has 0 radical (unpaired) electrons. The number of hydrogen-bond acceptors (Lipinski definition) is 3. The molecule has 212 valence electrons. The second-order valence-corrected chi connectivity index (χ2v) is 8.04. The molecule has 0 bridgehead atoms. The van der Waals surface area contributed by atoms with Crippen LogP contribution in [0.4, 0.5) is 23.5 Å². The molecule has 0 saturated heterocycles. The van der Waals surface area contributed by atoms with Gasteiger partial charge in [-0.25, -0.2) is 4.68 Å². The highest BCUT2D eigenvalue weighted by molar-refractivity contribution is 5.95. The fourth-order valence-corrected chi connectivity index (χ4v) is 3.70. The number of rotatable bonds is 3. The third-order valence-corrected chi connectivity index (χ3v) is 5.50. The third kappa shape index (κ3) is 8.79. The smallest absolute Gasteiger partial charge is 0.297 e. The van der Waals surface area contributed by atoms with Gasteiger partial charge in [0.2, 0.25) is 5.91 Å². The standard InChI is InChI=1S/C14H15N3O.C8H5F4NO.C6H6.C2H6/c1-2-16-13(18)9-8-11-10-15-17(14(11)16)12-6-4-3-5-7-12;9-8(10,11)6-3-1-2-5(4-6)7(14)13-12;1-2-4-6-5-3-1;1-2/h3-7,10H,2,8-9H2,1H3;1-4H,(H,13,14);1-6H;1-2H3. The molecular formula is C30H32F4N4O2. The van der Waals surface area contributed by atoms with Crippen LogP contribution < -0.4 is 10.4 Å². The summed E-state index contributed by atoms with van der Waals surface area (Å²) < 4.78 is 49.8. The highest BCUT2D eigenvalue weighted by atomic mass is 19.4. The maximum atomic E-state index is 12.1. The summed E-state index contributed by atoms with van der Waals surface area (Å²) in [6.07, 6.45) is -1.29. The van der Waals surface area contributed by atoms with Crippen LogP contribution >= 0.6 is 0 Å². The number of carbonyl (C=O) groups excluding carboxylic acids is 2. The van der Waals surface area contributed by atoms with E-state index in [1.807, 2.05) is 103 Å². The summed E-state index contributed by atoms with van der Waals surface area (Å²) in [5, 5.41) is 4.42. The lowest BCUT2D eigenvalue weighted by Crippen LogP contribution is -2.36. The first-order valence-electron chi connectivity index (χ1n) is 12.8. The molecule has 4 aromatic rings. The zero-order valence-corrected chi connectivity index (χ0v) is 22.5. The van der Waals surface area contributed by atoms with E-state index in [9.17, 15) is 27.2 Å². The van der Waals surface area contributed by atoms with E-state index in [1.165, 1.54) is 0 Å².